The number of esters is 1. The van der Waals surface area contributed by atoms with Crippen LogP contribution in [0.4, 0.5) is 0 Å². The van der Waals surface area contributed by atoms with Gasteiger partial charge in [-0.1, -0.05) is 13.3 Å². The number of piperidine rings is 1. The summed E-state index contributed by atoms with van der Waals surface area (Å²) in [6.45, 7) is 6.89. The van der Waals surface area contributed by atoms with Crippen molar-refractivity contribution >= 4 is 5.97 Å². The zero-order chi connectivity index (χ0) is 12.7. The summed E-state index contributed by atoms with van der Waals surface area (Å²) in [7, 11) is 1.74. The molecule has 4 nitrogen and oxygen atoms in total. The van der Waals surface area contributed by atoms with E-state index in [0.29, 0.717) is 13.2 Å². The van der Waals surface area contributed by atoms with Gasteiger partial charge in [0.2, 0.25) is 0 Å². The van der Waals surface area contributed by atoms with Crippen molar-refractivity contribution in [2.75, 3.05) is 33.4 Å². The van der Waals surface area contributed by atoms with E-state index in [9.17, 15) is 4.79 Å². The third-order valence-electron chi connectivity index (χ3n) is 3.34. The first kappa shape index (κ1) is 14.5. The molecule has 1 aliphatic rings. The second-order valence-corrected chi connectivity index (χ2v) is 5.04. The molecule has 4 heteroatoms. The first-order valence-corrected chi connectivity index (χ1v) is 6.53. The van der Waals surface area contributed by atoms with Crippen LogP contribution in [0.15, 0.2) is 0 Å². The van der Waals surface area contributed by atoms with E-state index >= 15 is 0 Å². The monoisotopic (exact) mass is 243 g/mol. The second kappa shape index (κ2) is 6.97. The average molecular weight is 243 g/mol. The Kier molecular flexibility index (Phi) is 5.92. The van der Waals surface area contributed by atoms with Crippen molar-refractivity contribution in [1.82, 2.24) is 4.90 Å². The molecule has 17 heavy (non-hydrogen) atoms. The molecular weight excluding hydrogens is 218 g/mol. The second-order valence-electron chi connectivity index (χ2n) is 5.04. The van der Waals surface area contributed by atoms with Crippen molar-refractivity contribution in [1.29, 1.82) is 0 Å². The Balaban J connectivity index is 2.28. The normalized spacial score (nSPS) is 25.8. The largest absolute Gasteiger partial charge is 0.465 e. The smallest absolute Gasteiger partial charge is 0.320 e. The Morgan fingerprint density at radius 2 is 2.24 bits per heavy atom. The fourth-order valence-corrected chi connectivity index (χ4v) is 2.17. The Morgan fingerprint density at radius 1 is 1.47 bits per heavy atom. The van der Waals surface area contributed by atoms with Crippen LogP contribution in [0, 0.1) is 0 Å². The lowest BCUT2D eigenvalue weighted by atomic mass is 9.95. The van der Waals surface area contributed by atoms with Gasteiger partial charge in [0, 0.05) is 13.7 Å². The molecule has 1 rings (SSSR count). The van der Waals surface area contributed by atoms with Crippen LogP contribution in [0.5, 0.6) is 0 Å². The SMILES string of the molecule is CCCCOC(=O)CN1CCCC(C)(OC)C1. The Hall–Kier alpha value is -0.610. The summed E-state index contributed by atoms with van der Waals surface area (Å²) in [6.07, 6.45) is 4.14. The molecule has 0 N–H and O–H groups in total. The molecule has 0 aromatic heterocycles. The van der Waals surface area contributed by atoms with Crippen LogP contribution in [0.2, 0.25) is 0 Å². The van der Waals surface area contributed by atoms with Crippen LogP contribution in [0.25, 0.3) is 0 Å². The van der Waals surface area contributed by atoms with E-state index in [-0.39, 0.29) is 11.6 Å². The first-order valence-electron chi connectivity index (χ1n) is 6.53. The number of likely N-dealkylation sites (tertiary alicyclic amines) is 1. The zero-order valence-electron chi connectivity index (χ0n) is 11.3. The summed E-state index contributed by atoms with van der Waals surface area (Å²) in [4.78, 5) is 13.7. The van der Waals surface area contributed by atoms with E-state index in [1.165, 1.54) is 0 Å². The Labute approximate surface area is 104 Å². The lowest BCUT2D eigenvalue weighted by molar-refractivity contribution is -0.147. The highest BCUT2D eigenvalue weighted by Crippen LogP contribution is 2.23. The summed E-state index contributed by atoms with van der Waals surface area (Å²) in [5.41, 5.74) is -0.109. The minimum atomic E-state index is -0.112. The van der Waals surface area contributed by atoms with Crippen LogP contribution in [-0.4, -0.2) is 49.8 Å². The molecule has 1 fully saturated rings. The quantitative estimate of drug-likeness (QED) is 0.527. The van der Waals surface area contributed by atoms with Gasteiger partial charge in [-0.3, -0.25) is 9.69 Å². The minimum absolute atomic E-state index is 0.109. The van der Waals surface area contributed by atoms with Gasteiger partial charge < -0.3 is 9.47 Å². The molecule has 1 unspecified atom stereocenters. The first-order chi connectivity index (χ1) is 8.09. The van der Waals surface area contributed by atoms with E-state index in [1.54, 1.807) is 7.11 Å². The maximum atomic E-state index is 11.6. The number of rotatable bonds is 6. The summed E-state index contributed by atoms with van der Waals surface area (Å²) in [6, 6.07) is 0. The van der Waals surface area contributed by atoms with Crippen molar-refractivity contribution < 1.29 is 14.3 Å². The van der Waals surface area contributed by atoms with Crippen LogP contribution < -0.4 is 0 Å². The van der Waals surface area contributed by atoms with Gasteiger partial charge in [-0.2, -0.15) is 0 Å². The molecule has 0 bridgehead atoms. The molecule has 1 atom stereocenters. The van der Waals surface area contributed by atoms with E-state index in [2.05, 4.69) is 18.7 Å². The third kappa shape index (κ3) is 5.04. The topological polar surface area (TPSA) is 38.8 Å². The highest BCUT2D eigenvalue weighted by molar-refractivity contribution is 5.71. The number of hydrogen-bond donors (Lipinski definition) is 0. The molecule has 1 heterocycles. The maximum Gasteiger partial charge on any atom is 0.320 e. The van der Waals surface area contributed by atoms with Gasteiger partial charge in [-0.25, -0.2) is 0 Å². The third-order valence-corrected chi connectivity index (χ3v) is 3.34. The fraction of sp³-hybridized carbons (Fsp3) is 0.923. The molecule has 0 spiro atoms. The molecule has 0 radical (unpaired) electrons. The number of nitrogens with zero attached hydrogens (tertiary/aromatic N) is 1. The maximum absolute atomic E-state index is 11.6. The highest BCUT2D eigenvalue weighted by Gasteiger charge is 2.31. The van der Waals surface area contributed by atoms with Crippen molar-refractivity contribution in [3.05, 3.63) is 0 Å². The molecule has 1 aliphatic heterocycles. The van der Waals surface area contributed by atoms with Gasteiger partial charge in [0.05, 0.1) is 18.8 Å². The van der Waals surface area contributed by atoms with E-state index in [1.807, 2.05) is 0 Å². The number of unbranched alkanes of at least 4 members (excludes halogenated alkanes) is 1. The molecule has 0 aromatic rings. The van der Waals surface area contributed by atoms with Gasteiger partial charge in [-0.15, -0.1) is 0 Å². The van der Waals surface area contributed by atoms with Crippen LogP contribution in [0.1, 0.15) is 39.5 Å². The van der Waals surface area contributed by atoms with Gasteiger partial charge in [0.1, 0.15) is 0 Å². The number of methoxy groups -OCH3 is 1. The molecule has 0 amide bonds. The molecule has 0 aromatic carbocycles. The van der Waals surface area contributed by atoms with Crippen LogP contribution in [-0.2, 0) is 14.3 Å². The van der Waals surface area contributed by atoms with Crippen molar-refractivity contribution in [2.24, 2.45) is 0 Å². The number of hydrogen-bond acceptors (Lipinski definition) is 4. The minimum Gasteiger partial charge on any atom is -0.465 e. The molecule has 0 aliphatic carbocycles. The molecule has 1 saturated heterocycles. The summed E-state index contributed by atoms with van der Waals surface area (Å²) in [5.74, 6) is -0.112. The van der Waals surface area contributed by atoms with Gasteiger partial charge >= 0.3 is 5.97 Å². The Morgan fingerprint density at radius 3 is 2.88 bits per heavy atom. The number of ether oxygens (including phenoxy) is 2. The van der Waals surface area contributed by atoms with E-state index in [0.717, 1.165) is 38.8 Å². The lowest BCUT2D eigenvalue weighted by Crippen LogP contribution is -2.49. The van der Waals surface area contributed by atoms with E-state index < -0.39 is 0 Å². The van der Waals surface area contributed by atoms with Crippen LogP contribution >= 0.6 is 0 Å². The standard InChI is InChI=1S/C13H25NO3/c1-4-5-9-17-12(15)10-14-8-6-7-13(2,11-14)16-3/h4-11H2,1-3H3. The number of carbonyl (C=O) groups is 1. The lowest BCUT2D eigenvalue weighted by Gasteiger charge is -2.38. The van der Waals surface area contributed by atoms with Crippen molar-refractivity contribution in [3.63, 3.8) is 0 Å². The molecular formula is C13H25NO3. The molecule has 100 valence electrons. The highest BCUT2D eigenvalue weighted by atomic mass is 16.5. The number of carbonyl (C=O) groups excluding carboxylic acids is 1. The van der Waals surface area contributed by atoms with Gasteiger partial charge in [-0.05, 0) is 32.7 Å². The van der Waals surface area contributed by atoms with Gasteiger partial charge in [0.25, 0.3) is 0 Å². The van der Waals surface area contributed by atoms with Crippen LogP contribution in [0.3, 0.4) is 0 Å². The Bertz CT molecular complexity index is 245. The molecule has 0 saturated carbocycles. The van der Waals surface area contributed by atoms with Gasteiger partial charge in [0.15, 0.2) is 0 Å². The fourth-order valence-electron chi connectivity index (χ4n) is 2.17. The summed E-state index contributed by atoms with van der Waals surface area (Å²) in [5, 5.41) is 0. The van der Waals surface area contributed by atoms with E-state index in [4.69, 9.17) is 9.47 Å². The summed E-state index contributed by atoms with van der Waals surface area (Å²) < 4.78 is 10.7. The van der Waals surface area contributed by atoms with Crippen molar-refractivity contribution in [2.45, 2.75) is 45.1 Å². The zero-order valence-corrected chi connectivity index (χ0v) is 11.3. The predicted molar refractivity (Wildman–Crippen MR) is 67.0 cm³/mol. The average Bonchev–Trinajstić information content (AvgIpc) is 2.29. The van der Waals surface area contributed by atoms with Crippen molar-refractivity contribution in [3.8, 4) is 0 Å². The predicted octanol–water partition coefficient (Wildman–Crippen LogP) is 1.83. The summed E-state index contributed by atoms with van der Waals surface area (Å²) >= 11 is 0.